The van der Waals surface area contributed by atoms with E-state index in [4.69, 9.17) is 16.3 Å². The first-order valence-electron chi connectivity index (χ1n) is 6.59. The topological polar surface area (TPSA) is 39.1 Å². The average Bonchev–Trinajstić information content (AvgIpc) is 2.85. The average molecular weight is 294 g/mol. The van der Waals surface area contributed by atoms with Gasteiger partial charge in [-0.1, -0.05) is 11.6 Å². The summed E-state index contributed by atoms with van der Waals surface area (Å²) in [5.41, 5.74) is 2.20. The molecule has 2 atom stereocenters. The Hall–Kier alpha value is -1.52. The van der Waals surface area contributed by atoms with E-state index < -0.39 is 0 Å². The molecule has 0 aliphatic heterocycles. The molecular weight excluding hydrogens is 274 g/mol. The Morgan fingerprint density at radius 1 is 1.30 bits per heavy atom. The van der Waals surface area contributed by atoms with Crippen molar-refractivity contribution in [3.63, 3.8) is 0 Å². The fraction of sp³-hybridized carbons (Fsp3) is 0.400. The Morgan fingerprint density at radius 2 is 2.05 bits per heavy atom. The van der Waals surface area contributed by atoms with Crippen LogP contribution in [0.3, 0.4) is 0 Å². The lowest BCUT2D eigenvalue weighted by molar-refractivity contribution is 0.396. The number of hydrogen-bond donors (Lipinski definition) is 1. The van der Waals surface area contributed by atoms with Crippen LogP contribution in [-0.4, -0.2) is 16.9 Å². The first kappa shape index (κ1) is 14.9. The highest BCUT2D eigenvalue weighted by Crippen LogP contribution is 2.29. The maximum Gasteiger partial charge on any atom is 0.123 e. The van der Waals surface area contributed by atoms with E-state index >= 15 is 0 Å². The van der Waals surface area contributed by atoms with Gasteiger partial charge in [0.2, 0.25) is 0 Å². The quantitative estimate of drug-likeness (QED) is 0.917. The summed E-state index contributed by atoms with van der Waals surface area (Å²) < 4.78 is 7.20. The van der Waals surface area contributed by atoms with Crippen molar-refractivity contribution >= 4 is 11.6 Å². The standard InChI is InChI=1S/C15H20ClN3O/c1-10(12-8-17-19(3)9-12)18-11(2)14-7-13(16)5-6-15(14)20-4/h5-11,18H,1-4H3/t10-,11+/m0/s1. The van der Waals surface area contributed by atoms with E-state index in [9.17, 15) is 0 Å². The highest BCUT2D eigenvalue weighted by molar-refractivity contribution is 6.30. The van der Waals surface area contributed by atoms with Gasteiger partial charge in [0.15, 0.2) is 0 Å². The molecule has 0 bridgehead atoms. The largest absolute Gasteiger partial charge is 0.496 e. The van der Waals surface area contributed by atoms with Gasteiger partial charge in [-0.2, -0.15) is 5.10 Å². The van der Waals surface area contributed by atoms with Crippen molar-refractivity contribution in [1.29, 1.82) is 0 Å². The smallest absolute Gasteiger partial charge is 0.123 e. The van der Waals surface area contributed by atoms with Gasteiger partial charge in [-0.05, 0) is 32.0 Å². The van der Waals surface area contributed by atoms with E-state index in [1.807, 2.05) is 37.6 Å². The van der Waals surface area contributed by atoms with E-state index in [1.54, 1.807) is 11.8 Å². The van der Waals surface area contributed by atoms with Crippen LogP contribution >= 0.6 is 11.6 Å². The number of methoxy groups -OCH3 is 1. The zero-order valence-electron chi connectivity index (χ0n) is 12.2. The molecule has 1 N–H and O–H groups in total. The molecule has 0 radical (unpaired) electrons. The van der Waals surface area contributed by atoms with E-state index in [0.29, 0.717) is 5.02 Å². The third kappa shape index (κ3) is 3.32. The van der Waals surface area contributed by atoms with Gasteiger partial charge in [-0.3, -0.25) is 4.68 Å². The first-order valence-corrected chi connectivity index (χ1v) is 6.97. The minimum absolute atomic E-state index is 0.124. The number of aromatic nitrogens is 2. The fourth-order valence-electron chi connectivity index (χ4n) is 2.27. The number of hydrogen-bond acceptors (Lipinski definition) is 3. The third-order valence-corrected chi connectivity index (χ3v) is 3.62. The van der Waals surface area contributed by atoms with Crippen LogP contribution in [0.25, 0.3) is 0 Å². The number of aryl methyl sites for hydroxylation is 1. The molecular formula is C15H20ClN3O. The van der Waals surface area contributed by atoms with E-state index in [0.717, 1.165) is 16.9 Å². The molecule has 0 amide bonds. The predicted octanol–water partition coefficient (Wildman–Crippen LogP) is 3.49. The molecule has 5 heteroatoms. The van der Waals surface area contributed by atoms with Crippen molar-refractivity contribution in [2.45, 2.75) is 25.9 Å². The normalized spacial score (nSPS) is 14.1. The van der Waals surface area contributed by atoms with Crippen LogP contribution in [0.5, 0.6) is 5.75 Å². The summed E-state index contributed by atoms with van der Waals surface area (Å²) in [6, 6.07) is 5.99. The molecule has 0 saturated heterocycles. The summed E-state index contributed by atoms with van der Waals surface area (Å²) in [4.78, 5) is 0. The van der Waals surface area contributed by atoms with Gasteiger partial charge in [0.1, 0.15) is 5.75 Å². The highest BCUT2D eigenvalue weighted by atomic mass is 35.5. The van der Waals surface area contributed by atoms with Crippen LogP contribution in [0.2, 0.25) is 5.02 Å². The summed E-state index contributed by atoms with van der Waals surface area (Å²) in [5.74, 6) is 0.841. The summed E-state index contributed by atoms with van der Waals surface area (Å²) in [7, 11) is 3.59. The summed E-state index contributed by atoms with van der Waals surface area (Å²) in [6.07, 6.45) is 3.89. The minimum atomic E-state index is 0.124. The first-order chi connectivity index (χ1) is 9.51. The molecule has 108 valence electrons. The van der Waals surface area contributed by atoms with Crippen molar-refractivity contribution in [2.75, 3.05) is 7.11 Å². The zero-order valence-corrected chi connectivity index (χ0v) is 13.0. The number of benzene rings is 1. The van der Waals surface area contributed by atoms with Crippen LogP contribution in [0.15, 0.2) is 30.6 Å². The van der Waals surface area contributed by atoms with E-state index in [2.05, 4.69) is 24.3 Å². The van der Waals surface area contributed by atoms with E-state index in [-0.39, 0.29) is 12.1 Å². The van der Waals surface area contributed by atoms with Gasteiger partial charge in [0.25, 0.3) is 0 Å². The second kappa shape index (κ2) is 6.29. The van der Waals surface area contributed by atoms with Crippen molar-refractivity contribution < 1.29 is 4.74 Å². The van der Waals surface area contributed by atoms with Gasteiger partial charge >= 0.3 is 0 Å². The molecule has 2 aromatic rings. The molecule has 1 aromatic heterocycles. The number of nitrogens with one attached hydrogen (secondary N) is 1. The van der Waals surface area contributed by atoms with Gasteiger partial charge in [-0.15, -0.1) is 0 Å². The highest BCUT2D eigenvalue weighted by Gasteiger charge is 2.16. The molecule has 2 rings (SSSR count). The molecule has 0 unspecified atom stereocenters. The molecule has 0 aliphatic rings. The monoisotopic (exact) mass is 293 g/mol. The lowest BCUT2D eigenvalue weighted by Gasteiger charge is -2.21. The second-order valence-electron chi connectivity index (χ2n) is 4.94. The predicted molar refractivity (Wildman–Crippen MR) is 81.2 cm³/mol. The Labute approximate surface area is 124 Å². The molecule has 1 heterocycles. The molecule has 1 aromatic carbocycles. The SMILES string of the molecule is COc1ccc(Cl)cc1[C@@H](C)N[C@@H](C)c1cnn(C)c1. The van der Waals surface area contributed by atoms with E-state index in [1.165, 1.54) is 0 Å². The maximum atomic E-state index is 6.08. The molecule has 4 nitrogen and oxygen atoms in total. The number of nitrogens with zero attached hydrogens (tertiary/aromatic N) is 2. The fourth-order valence-corrected chi connectivity index (χ4v) is 2.45. The number of rotatable bonds is 5. The third-order valence-electron chi connectivity index (χ3n) is 3.38. The van der Waals surface area contributed by atoms with Crippen molar-refractivity contribution in [1.82, 2.24) is 15.1 Å². The molecule has 0 fully saturated rings. The Balaban J connectivity index is 2.15. The lowest BCUT2D eigenvalue weighted by atomic mass is 10.0. The zero-order chi connectivity index (χ0) is 14.7. The lowest BCUT2D eigenvalue weighted by Crippen LogP contribution is -2.22. The Kier molecular flexibility index (Phi) is 4.68. The summed E-state index contributed by atoms with van der Waals surface area (Å²) in [6.45, 7) is 4.21. The second-order valence-corrected chi connectivity index (χ2v) is 5.38. The van der Waals surface area contributed by atoms with Crippen LogP contribution < -0.4 is 10.1 Å². The summed E-state index contributed by atoms with van der Waals surface area (Å²) >= 11 is 6.08. The summed E-state index contributed by atoms with van der Waals surface area (Å²) in [5, 5.41) is 8.44. The van der Waals surface area contributed by atoms with Gasteiger partial charge in [-0.25, -0.2) is 0 Å². The van der Waals surface area contributed by atoms with Gasteiger partial charge in [0, 0.05) is 41.5 Å². The molecule has 0 aliphatic carbocycles. The van der Waals surface area contributed by atoms with Crippen LogP contribution in [-0.2, 0) is 7.05 Å². The van der Waals surface area contributed by atoms with Crippen LogP contribution in [0.4, 0.5) is 0 Å². The van der Waals surface area contributed by atoms with Crippen LogP contribution in [0, 0.1) is 0 Å². The number of halogens is 1. The van der Waals surface area contributed by atoms with Crippen molar-refractivity contribution in [3.05, 3.63) is 46.7 Å². The van der Waals surface area contributed by atoms with Crippen LogP contribution in [0.1, 0.15) is 37.1 Å². The van der Waals surface area contributed by atoms with Crippen molar-refractivity contribution in [3.8, 4) is 5.75 Å². The molecule has 0 saturated carbocycles. The minimum Gasteiger partial charge on any atom is -0.496 e. The molecule has 20 heavy (non-hydrogen) atoms. The molecule has 0 spiro atoms. The Morgan fingerprint density at radius 3 is 2.65 bits per heavy atom. The Bertz CT molecular complexity index is 582. The number of ether oxygens (including phenoxy) is 1. The maximum absolute atomic E-state index is 6.08. The van der Waals surface area contributed by atoms with Gasteiger partial charge in [0.05, 0.1) is 13.3 Å². The van der Waals surface area contributed by atoms with Gasteiger partial charge < -0.3 is 10.1 Å². The van der Waals surface area contributed by atoms with Crippen molar-refractivity contribution in [2.24, 2.45) is 7.05 Å².